The Labute approximate surface area is 413 Å². The first kappa shape index (κ1) is 58.4. The van der Waals surface area contributed by atoms with Crippen molar-refractivity contribution in [2.75, 3.05) is 31.1 Å². The molecule has 0 saturated carbocycles. The second kappa shape index (κ2) is 29.3. The second-order valence-electron chi connectivity index (χ2n) is 17.4. The quantitative estimate of drug-likeness (QED) is 0.0438. The van der Waals surface area contributed by atoms with Gasteiger partial charge >= 0.3 is 0 Å². The molecule has 2 fully saturated rings. The Bertz CT molecular complexity index is 2010. The van der Waals surface area contributed by atoms with E-state index in [2.05, 4.69) is 42.5 Å². The third kappa shape index (κ3) is 19.5. The molecule has 0 aliphatic carbocycles. The van der Waals surface area contributed by atoms with E-state index in [9.17, 15) is 52.7 Å². The molecular formula is C43H69N13O12S2. The van der Waals surface area contributed by atoms with E-state index in [0.717, 1.165) is 21.6 Å². The number of carbonyl (C=O) groups is 11. The van der Waals surface area contributed by atoms with Crippen molar-refractivity contribution < 1.29 is 57.2 Å². The lowest BCUT2D eigenvalue weighted by Crippen LogP contribution is -2.61. The number of nitrogens with two attached hydrogens (primary N) is 4. The molecule has 390 valence electrons. The summed E-state index contributed by atoms with van der Waals surface area (Å²) in [6, 6.07) is -7.53. The van der Waals surface area contributed by atoms with E-state index >= 15 is 0 Å². The van der Waals surface area contributed by atoms with Crippen molar-refractivity contribution in [3.8, 4) is 0 Å². The van der Waals surface area contributed by atoms with Crippen molar-refractivity contribution in [1.29, 1.82) is 0 Å². The Morgan fingerprint density at radius 3 is 2.11 bits per heavy atom. The van der Waals surface area contributed by atoms with Crippen molar-refractivity contribution in [2.45, 2.75) is 140 Å². The summed E-state index contributed by atoms with van der Waals surface area (Å²) in [6.07, 6.45) is 1.13. The molecule has 1 aromatic heterocycles. The number of hydrogen-bond donors (Lipinski definition) is 12. The van der Waals surface area contributed by atoms with Gasteiger partial charge in [0.25, 0.3) is 0 Å². The number of carbonyl (C=O) groups excluding carboxylic acids is 11. The number of amides is 11. The molecule has 25 nitrogen and oxygen atoms in total. The molecule has 3 heterocycles. The number of nitrogens with zero attached hydrogens (tertiary/aromatic N) is 1. The Morgan fingerprint density at radius 2 is 1.49 bits per heavy atom. The van der Waals surface area contributed by atoms with Gasteiger partial charge in [-0.3, -0.25) is 52.7 Å². The van der Waals surface area contributed by atoms with Crippen LogP contribution in [-0.2, 0) is 59.2 Å². The summed E-state index contributed by atoms with van der Waals surface area (Å²) in [7, 11) is 2.06. The average molecular weight is 1020 g/mol. The number of furan rings is 1. The molecule has 16 N–H and O–H groups in total. The Kier molecular flexibility index (Phi) is 24.4. The molecule has 3 rings (SSSR count). The molecule has 70 heavy (non-hydrogen) atoms. The lowest BCUT2D eigenvalue weighted by molar-refractivity contribution is -0.142. The first-order valence-electron chi connectivity index (χ1n) is 23.1. The highest BCUT2D eigenvalue weighted by Crippen LogP contribution is 2.26. The van der Waals surface area contributed by atoms with E-state index in [1.54, 1.807) is 26.0 Å². The van der Waals surface area contributed by atoms with Crippen LogP contribution >= 0.6 is 21.6 Å². The molecule has 0 radical (unpaired) electrons. The van der Waals surface area contributed by atoms with Gasteiger partial charge in [-0.25, -0.2) is 0 Å². The Balaban J connectivity index is 2.02. The fourth-order valence-electron chi connectivity index (χ4n) is 7.37. The van der Waals surface area contributed by atoms with Crippen molar-refractivity contribution >= 4 is 86.6 Å². The lowest BCUT2D eigenvalue weighted by atomic mass is 9.96. The molecule has 0 spiro atoms. The van der Waals surface area contributed by atoms with E-state index in [4.69, 9.17) is 27.4 Å². The highest BCUT2D eigenvalue weighted by molar-refractivity contribution is 8.76. The van der Waals surface area contributed by atoms with Crippen LogP contribution in [0.3, 0.4) is 0 Å². The van der Waals surface area contributed by atoms with Crippen LogP contribution in [0.25, 0.3) is 0 Å². The Morgan fingerprint density at radius 1 is 0.829 bits per heavy atom. The molecule has 0 unspecified atom stereocenters. The van der Waals surface area contributed by atoms with Crippen LogP contribution in [0.1, 0.15) is 84.8 Å². The smallest absolute Gasteiger partial charge is 0.246 e. The predicted molar refractivity (Wildman–Crippen MR) is 258 cm³/mol. The average Bonchev–Trinajstić information content (AvgIpc) is 4.02. The third-order valence-electron chi connectivity index (χ3n) is 11.4. The van der Waals surface area contributed by atoms with E-state index in [1.807, 2.05) is 13.8 Å². The summed E-state index contributed by atoms with van der Waals surface area (Å²) in [4.78, 5) is 148. The van der Waals surface area contributed by atoms with Crippen molar-refractivity contribution in [2.24, 2.45) is 28.9 Å². The fourth-order valence-corrected chi connectivity index (χ4v) is 9.65. The van der Waals surface area contributed by atoms with E-state index in [0.29, 0.717) is 31.6 Å². The van der Waals surface area contributed by atoms with Crippen molar-refractivity contribution in [1.82, 2.24) is 47.4 Å². The van der Waals surface area contributed by atoms with Crippen LogP contribution < -0.4 is 65.5 Å². The van der Waals surface area contributed by atoms with Gasteiger partial charge in [0, 0.05) is 36.9 Å². The number of primary amides is 3. The van der Waals surface area contributed by atoms with E-state index in [1.165, 1.54) is 11.2 Å². The summed E-state index contributed by atoms with van der Waals surface area (Å²) < 4.78 is 5.44. The SMILES string of the molecule is CC[C@H](C)[C@@H]1NC(=O)[C@H](Cc2ccco2)NC(=O)[C@@H](N)CSSC[C@@H](C(=O)N2CCC[C@H]2C(=O)N[C@@H](CCCNC(C)C)C(=O)NCC(N)=O)NC(=O)[C@H](CC(N)=O)NC(=O)[C@H](CCC(N)=O)NC1=O. The highest BCUT2D eigenvalue weighted by Gasteiger charge is 2.41. The third-order valence-corrected chi connectivity index (χ3v) is 13.9. The lowest BCUT2D eigenvalue weighted by Gasteiger charge is -2.31. The maximum Gasteiger partial charge on any atom is 0.246 e. The minimum absolute atomic E-state index is 0.0517. The molecule has 9 atom stereocenters. The first-order valence-corrected chi connectivity index (χ1v) is 25.6. The molecule has 11 amide bonds. The molecule has 2 aliphatic rings. The molecular weight excluding hydrogens is 955 g/mol. The second-order valence-corrected chi connectivity index (χ2v) is 20.0. The zero-order valence-corrected chi connectivity index (χ0v) is 41.5. The van der Waals surface area contributed by atoms with Gasteiger partial charge in [-0.05, 0) is 56.7 Å². The van der Waals surface area contributed by atoms with Crippen molar-refractivity contribution in [3.05, 3.63) is 24.2 Å². The molecule has 2 aliphatic heterocycles. The topological polar surface area (TPSA) is 404 Å². The number of likely N-dealkylation sites (tertiary alicyclic amines) is 1. The zero-order chi connectivity index (χ0) is 52.1. The highest BCUT2D eigenvalue weighted by atomic mass is 33.1. The van der Waals surface area contributed by atoms with E-state index < -0.39 is 139 Å². The van der Waals surface area contributed by atoms with Crippen LogP contribution in [0, 0.1) is 5.92 Å². The Hall–Kier alpha value is -5.93. The summed E-state index contributed by atoms with van der Waals surface area (Å²) in [5.41, 5.74) is 22.4. The minimum atomic E-state index is -1.75. The predicted octanol–water partition coefficient (Wildman–Crippen LogP) is -3.99. The largest absolute Gasteiger partial charge is 0.469 e. The van der Waals surface area contributed by atoms with Crippen LogP contribution in [0.4, 0.5) is 0 Å². The first-order chi connectivity index (χ1) is 33.1. The van der Waals surface area contributed by atoms with Gasteiger partial charge in [-0.2, -0.15) is 0 Å². The van der Waals surface area contributed by atoms with Gasteiger partial charge < -0.3 is 74.8 Å². The van der Waals surface area contributed by atoms with Gasteiger partial charge in [0.05, 0.1) is 25.3 Å². The monoisotopic (exact) mass is 1020 g/mol. The van der Waals surface area contributed by atoms with E-state index in [-0.39, 0.29) is 49.8 Å². The normalized spacial score (nSPS) is 24.2. The molecule has 0 aromatic carbocycles. The summed E-state index contributed by atoms with van der Waals surface area (Å²) in [5.74, 6) is -9.83. The fraction of sp³-hybridized carbons (Fsp3) is 0.651. The minimum Gasteiger partial charge on any atom is -0.469 e. The van der Waals surface area contributed by atoms with Gasteiger partial charge in [0.2, 0.25) is 65.0 Å². The number of hydrogen-bond acceptors (Lipinski definition) is 16. The van der Waals surface area contributed by atoms with Crippen molar-refractivity contribution in [3.63, 3.8) is 0 Å². The summed E-state index contributed by atoms with van der Waals surface area (Å²) >= 11 is 0. The summed E-state index contributed by atoms with van der Waals surface area (Å²) in [5, 5.41) is 21.1. The van der Waals surface area contributed by atoms with Gasteiger partial charge in [0.15, 0.2) is 0 Å². The standard InChI is InChI=1S/C43H69N13O12S2/c1-5-23(4)35-42(66)51-27(12-13-32(45)57)38(62)53-29(18-33(46)58)39(63)54-30(21-70-69-20-25(44)36(60)52-28(40(64)55-35)17-24-9-8-16-68-24)43(67)56-15-7-11-31(56)41(65)50-26(10-6-14-48-22(2)3)37(61)49-19-34(47)59/h8-9,16,22-23,25-31,35,48H,5-7,10-15,17-21,44H2,1-4H3,(H2,45,57)(H2,46,58)(H2,47,59)(H,49,61)(H,50,65)(H,51,66)(H,52,60)(H,53,62)(H,54,63)(H,55,64)/t23-,25-,26-,27-,28-,29-,30-,31-,35-/m0/s1. The number of nitrogens with one attached hydrogen (secondary N) is 8. The molecule has 27 heteroatoms. The van der Waals surface area contributed by atoms with Crippen LogP contribution in [0.5, 0.6) is 0 Å². The molecule has 1 aromatic rings. The molecule has 0 bridgehead atoms. The number of rotatable bonds is 20. The van der Waals surface area contributed by atoms with Gasteiger partial charge in [0.1, 0.15) is 48.1 Å². The maximum atomic E-state index is 14.5. The summed E-state index contributed by atoms with van der Waals surface area (Å²) in [6.45, 7) is 7.38. The van der Waals surface area contributed by atoms with Crippen LogP contribution in [-0.4, -0.2) is 155 Å². The maximum absolute atomic E-state index is 14.5. The zero-order valence-electron chi connectivity index (χ0n) is 39.9. The van der Waals surface area contributed by atoms with Crippen LogP contribution in [0.15, 0.2) is 22.8 Å². The molecule has 2 saturated heterocycles. The van der Waals surface area contributed by atoms with Crippen LogP contribution in [0.2, 0.25) is 0 Å². The van der Waals surface area contributed by atoms with Gasteiger partial charge in [-0.15, -0.1) is 0 Å². The van der Waals surface area contributed by atoms with Gasteiger partial charge in [-0.1, -0.05) is 55.7 Å².